The number of nitrogens with zero attached hydrogens (tertiary/aromatic N) is 1. The molecule has 3 rings (SSSR count). The molecule has 3 saturated heterocycles. The predicted molar refractivity (Wildman–Crippen MR) is 64.6 cm³/mol. The molecule has 3 fully saturated rings. The van der Waals surface area contributed by atoms with Gasteiger partial charge in [-0.25, -0.2) is 0 Å². The molecule has 3 heteroatoms. The van der Waals surface area contributed by atoms with Crippen LogP contribution in [-0.2, 0) is 4.74 Å². The van der Waals surface area contributed by atoms with Crippen molar-refractivity contribution in [2.75, 3.05) is 26.2 Å². The Labute approximate surface area is 98.5 Å². The third-order valence-corrected chi connectivity index (χ3v) is 4.31. The van der Waals surface area contributed by atoms with Gasteiger partial charge in [0, 0.05) is 19.1 Å². The fraction of sp³-hybridized carbons (Fsp3) is 1.00. The van der Waals surface area contributed by atoms with Crippen molar-refractivity contribution in [2.24, 2.45) is 0 Å². The second kappa shape index (κ2) is 5.03. The maximum absolute atomic E-state index is 5.85. The summed E-state index contributed by atoms with van der Waals surface area (Å²) in [5.41, 5.74) is 0. The van der Waals surface area contributed by atoms with E-state index in [1.54, 1.807) is 0 Å². The molecule has 3 unspecified atom stereocenters. The third-order valence-electron chi connectivity index (χ3n) is 4.31. The van der Waals surface area contributed by atoms with E-state index < -0.39 is 0 Å². The number of morpholine rings is 1. The Morgan fingerprint density at radius 3 is 2.62 bits per heavy atom. The lowest BCUT2D eigenvalue weighted by Gasteiger charge is -2.32. The van der Waals surface area contributed by atoms with Gasteiger partial charge in [0.15, 0.2) is 0 Å². The molecule has 0 saturated carbocycles. The molecule has 2 bridgehead atoms. The summed E-state index contributed by atoms with van der Waals surface area (Å²) in [7, 11) is 0. The van der Waals surface area contributed by atoms with Crippen LogP contribution in [0, 0.1) is 0 Å². The molecule has 3 nitrogen and oxygen atoms in total. The summed E-state index contributed by atoms with van der Waals surface area (Å²) in [4.78, 5) is 2.63. The van der Waals surface area contributed by atoms with Crippen molar-refractivity contribution in [1.29, 1.82) is 0 Å². The molecule has 0 aromatic heterocycles. The minimum atomic E-state index is 0.559. The standard InChI is InChI=1S/C13H24N2O/c1-3-11(14-7-1)4-2-8-15-9-12-5-6-13(10-15)16-12/h11-14H,1-10H2. The van der Waals surface area contributed by atoms with E-state index in [1.807, 2.05) is 0 Å². The van der Waals surface area contributed by atoms with Gasteiger partial charge in [0.25, 0.3) is 0 Å². The van der Waals surface area contributed by atoms with Gasteiger partial charge in [0.1, 0.15) is 0 Å². The molecule has 0 amide bonds. The summed E-state index contributed by atoms with van der Waals surface area (Å²) < 4.78 is 5.85. The smallest absolute Gasteiger partial charge is 0.0707 e. The van der Waals surface area contributed by atoms with E-state index in [2.05, 4.69) is 10.2 Å². The Bertz CT molecular complexity index is 216. The molecule has 0 radical (unpaired) electrons. The average molecular weight is 224 g/mol. The number of nitrogens with one attached hydrogen (secondary N) is 1. The molecule has 3 heterocycles. The van der Waals surface area contributed by atoms with Crippen molar-refractivity contribution < 1.29 is 4.74 Å². The molecule has 0 aromatic carbocycles. The minimum absolute atomic E-state index is 0.559. The zero-order valence-corrected chi connectivity index (χ0v) is 10.2. The van der Waals surface area contributed by atoms with Crippen LogP contribution in [0.2, 0.25) is 0 Å². The van der Waals surface area contributed by atoms with E-state index in [0.717, 1.165) is 6.04 Å². The van der Waals surface area contributed by atoms with Crippen LogP contribution in [0.4, 0.5) is 0 Å². The molecule has 3 aliphatic rings. The van der Waals surface area contributed by atoms with Gasteiger partial charge in [-0.05, 0) is 51.6 Å². The molecule has 3 atom stereocenters. The molecule has 16 heavy (non-hydrogen) atoms. The molecular formula is C13H24N2O. The quantitative estimate of drug-likeness (QED) is 0.781. The van der Waals surface area contributed by atoms with Gasteiger partial charge >= 0.3 is 0 Å². The summed E-state index contributed by atoms with van der Waals surface area (Å²) in [6.07, 6.45) is 9.22. The van der Waals surface area contributed by atoms with Crippen LogP contribution >= 0.6 is 0 Å². The van der Waals surface area contributed by atoms with Crippen LogP contribution < -0.4 is 5.32 Å². The number of rotatable bonds is 4. The van der Waals surface area contributed by atoms with Crippen molar-refractivity contribution in [3.8, 4) is 0 Å². The molecule has 3 aliphatic heterocycles. The van der Waals surface area contributed by atoms with Gasteiger partial charge in [-0.3, -0.25) is 4.90 Å². The minimum Gasteiger partial charge on any atom is -0.372 e. The van der Waals surface area contributed by atoms with E-state index in [-0.39, 0.29) is 0 Å². The Hall–Kier alpha value is -0.120. The van der Waals surface area contributed by atoms with Crippen LogP contribution in [0.25, 0.3) is 0 Å². The van der Waals surface area contributed by atoms with E-state index in [0.29, 0.717) is 12.2 Å². The molecule has 0 aliphatic carbocycles. The molecule has 1 N–H and O–H groups in total. The second-order valence-corrected chi connectivity index (χ2v) is 5.65. The second-order valence-electron chi connectivity index (χ2n) is 5.65. The number of fused-ring (bicyclic) bond motifs is 2. The maximum Gasteiger partial charge on any atom is 0.0707 e. The first-order chi connectivity index (χ1) is 7.90. The summed E-state index contributed by atoms with van der Waals surface area (Å²) in [5.74, 6) is 0. The zero-order valence-electron chi connectivity index (χ0n) is 10.2. The lowest BCUT2D eigenvalue weighted by Crippen LogP contribution is -2.43. The van der Waals surface area contributed by atoms with Crippen LogP contribution in [0.1, 0.15) is 38.5 Å². The number of ether oxygens (including phenoxy) is 1. The first kappa shape index (κ1) is 11.0. The van der Waals surface area contributed by atoms with E-state index in [9.17, 15) is 0 Å². The van der Waals surface area contributed by atoms with Crippen molar-refractivity contribution in [3.05, 3.63) is 0 Å². The van der Waals surface area contributed by atoms with Gasteiger partial charge in [-0.15, -0.1) is 0 Å². The lowest BCUT2D eigenvalue weighted by molar-refractivity contribution is -0.0386. The Balaban J connectivity index is 1.35. The zero-order chi connectivity index (χ0) is 10.8. The van der Waals surface area contributed by atoms with Crippen LogP contribution in [-0.4, -0.2) is 49.3 Å². The van der Waals surface area contributed by atoms with Crippen molar-refractivity contribution >= 4 is 0 Å². The van der Waals surface area contributed by atoms with Crippen molar-refractivity contribution in [3.63, 3.8) is 0 Å². The predicted octanol–water partition coefficient (Wildman–Crippen LogP) is 1.38. The van der Waals surface area contributed by atoms with E-state index in [4.69, 9.17) is 4.74 Å². The van der Waals surface area contributed by atoms with Crippen LogP contribution in [0.15, 0.2) is 0 Å². The average Bonchev–Trinajstić information content (AvgIpc) is 2.89. The van der Waals surface area contributed by atoms with Gasteiger partial charge in [-0.1, -0.05) is 0 Å². The van der Waals surface area contributed by atoms with Gasteiger partial charge in [-0.2, -0.15) is 0 Å². The summed E-state index contributed by atoms with van der Waals surface area (Å²) >= 11 is 0. The fourth-order valence-electron chi connectivity index (χ4n) is 3.45. The topological polar surface area (TPSA) is 24.5 Å². The molecule has 0 aromatic rings. The first-order valence-corrected chi connectivity index (χ1v) is 7.01. The third kappa shape index (κ3) is 2.58. The van der Waals surface area contributed by atoms with E-state index >= 15 is 0 Å². The van der Waals surface area contributed by atoms with Gasteiger partial charge in [0.2, 0.25) is 0 Å². The van der Waals surface area contributed by atoms with E-state index in [1.165, 1.54) is 64.7 Å². The molecular weight excluding hydrogens is 200 g/mol. The largest absolute Gasteiger partial charge is 0.372 e. The number of likely N-dealkylation sites (tertiary alicyclic amines) is 1. The SMILES string of the molecule is C1CNC(CCCN2CC3CCC(C2)O3)C1. The maximum atomic E-state index is 5.85. The highest BCUT2D eigenvalue weighted by atomic mass is 16.5. The van der Waals surface area contributed by atoms with Gasteiger partial charge < -0.3 is 10.1 Å². The Kier molecular flexibility index (Phi) is 3.46. The number of hydrogen-bond acceptors (Lipinski definition) is 3. The lowest BCUT2D eigenvalue weighted by atomic mass is 10.1. The normalized spacial score (nSPS) is 39.4. The first-order valence-electron chi connectivity index (χ1n) is 7.01. The highest BCUT2D eigenvalue weighted by Crippen LogP contribution is 2.26. The Morgan fingerprint density at radius 1 is 1.12 bits per heavy atom. The van der Waals surface area contributed by atoms with Gasteiger partial charge in [0.05, 0.1) is 12.2 Å². The highest BCUT2D eigenvalue weighted by molar-refractivity contribution is 4.85. The summed E-state index contributed by atoms with van der Waals surface area (Å²) in [6, 6.07) is 0.817. The van der Waals surface area contributed by atoms with Crippen LogP contribution in [0.3, 0.4) is 0 Å². The molecule has 92 valence electrons. The highest BCUT2D eigenvalue weighted by Gasteiger charge is 2.33. The monoisotopic (exact) mass is 224 g/mol. The van der Waals surface area contributed by atoms with Crippen LogP contribution in [0.5, 0.6) is 0 Å². The summed E-state index contributed by atoms with van der Waals surface area (Å²) in [5, 5.41) is 3.58. The van der Waals surface area contributed by atoms with Crippen molar-refractivity contribution in [2.45, 2.75) is 56.8 Å². The Morgan fingerprint density at radius 2 is 1.94 bits per heavy atom. The fourth-order valence-corrected chi connectivity index (χ4v) is 3.45. The molecule has 0 spiro atoms. The van der Waals surface area contributed by atoms with Crippen molar-refractivity contribution in [1.82, 2.24) is 10.2 Å². The number of hydrogen-bond donors (Lipinski definition) is 1. The summed E-state index contributed by atoms with van der Waals surface area (Å²) in [6.45, 7) is 4.91.